The number of rotatable bonds is 6. The van der Waals surface area contributed by atoms with Gasteiger partial charge in [0.25, 0.3) is 11.5 Å². The van der Waals surface area contributed by atoms with Gasteiger partial charge >= 0.3 is 0 Å². The molecular weight excluding hydrogens is 354 g/mol. The lowest BCUT2D eigenvalue weighted by Gasteiger charge is -2.19. The Labute approximate surface area is 164 Å². The Bertz CT molecular complexity index is 1040. The van der Waals surface area contributed by atoms with E-state index in [9.17, 15) is 9.59 Å². The van der Waals surface area contributed by atoms with E-state index in [-0.39, 0.29) is 17.4 Å². The highest BCUT2D eigenvalue weighted by molar-refractivity contribution is 6.04. The number of ether oxygens (including phenoxy) is 1. The summed E-state index contributed by atoms with van der Waals surface area (Å²) in [5.41, 5.74) is 1.11. The normalized spacial score (nSPS) is 11.0. The molecule has 6 nitrogen and oxygen atoms in total. The number of methoxy groups -OCH3 is 1. The zero-order chi connectivity index (χ0) is 20.3. The summed E-state index contributed by atoms with van der Waals surface area (Å²) in [5, 5.41) is 5.52. The molecule has 0 radical (unpaired) electrons. The first-order valence-electron chi connectivity index (χ1n) is 9.29. The topological polar surface area (TPSA) is 64.4 Å². The van der Waals surface area contributed by atoms with Crippen LogP contribution in [0.1, 0.15) is 29.9 Å². The number of benzene rings is 2. The number of aromatic nitrogens is 2. The van der Waals surface area contributed by atoms with Crippen molar-refractivity contribution in [2.24, 2.45) is 5.92 Å². The van der Waals surface area contributed by atoms with Crippen LogP contribution in [0.5, 0.6) is 5.75 Å². The second-order valence-corrected chi connectivity index (χ2v) is 7.28. The van der Waals surface area contributed by atoms with Crippen LogP contribution in [0, 0.1) is 5.92 Å². The Balaban J connectivity index is 1.97. The fourth-order valence-corrected chi connectivity index (χ4v) is 3.12. The minimum absolute atomic E-state index is 0.168. The van der Waals surface area contributed by atoms with Crippen LogP contribution < -0.4 is 10.3 Å². The summed E-state index contributed by atoms with van der Waals surface area (Å²) >= 11 is 0. The van der Waals surface area contributed by atoms with Gasteiger partial charge in [0.15, 0.2) is 5.69 Å². The maximum Gasteiger partial charge on any atom is 0.274 e. The maximum absolute atomic E-state index is 13.2. The highest BCUT2D eigenvalue weighted by atomic mass is 16.5. The molecule has 1 heterocycles. The van der Waals surface area contributed by atoms with E-state index in [1.807, 2.05) is 44.2 Å². The monoisotopic (exact) mass is 379 g/mol. The summed E-state index contributed by atoms with van der Waals surface area (Å²) in [6.45, 7) is 4.93. The molecule has 146 valence electrons. The summed E-state index contributed by atoms with van der Waals surface area (Å²) in [4.78, 5) is 27.5. The second-order valence-electron chi connectivity index (χ2n) is 7.28. The van der Waals surface area contributed by atoms with E-state index in [2.05, 4.69) is 5.10 Å². The van der Waals surface area contributed by atoms with Crippen LogP contribution in [0.4, 0.5) is 0 Å². The van der Waals surface area contributed by atoms with E-state index >= 15 is 0 Å². The molecule has 0 fully saturated rings. The molecule has 2 aromatic carbocycles. The summed E-state index contributed by atoms with van der Waals surface area (Å²) in [5.74, 6) is 0.794. The molecule has 0 atom stereocenters. The van der Waals surface area contributed by atoms with E-state index in [0.717, 1.165) is 11.3 Å². The first kappa shape index (κ1) is 19.6. The lowest BCUT2D eigenvalue weighted by atomic mass is 10.1. The third-order valence-corrected chi connectivity index (χ3v) is 4.53. The van der Waals surface area contributed by atoms with E-state index in [0.29, 0.717) is 29.6 Å². The Morgan fingerprint density at radius 3 is 2.36 bits per heavy atom. The molecular formula is C22H25N3O3. The van der Waals surface area contributed by atoms with E-state index in [1.165, 1.54) is 4.68 Å². The van der Waals surface area contributed by atoms with Gasteiger partial charge in [-0.25, -0.2) is 4.68 Å². The molecule has 3 rings (SSSR count). The van der Waals surface area contributed by atoms with Crippen LogP contribution in [-0.4, -0.2) is 34.7 Å². The second kappa shape index (κ2) is 8.25. The fourth-order valence-electron chi connectivity index (χ4n) is 3.12. The number of hydrogen-bond acceptors (Lipinski definition) is 4. The van der Waals surface area contributed by atoms with Gasteiger partial charge in [-0.2, -0.15) is 5.10 Å². The van der Waals surface area contributed by atoms with Crippen molar-refractivity contribution in [2.75, 3.05) is 14.2 Å². The molecule has 28 heavy (non-hydrogen) atoms. The smallest absolute Gasteiger partial charge is 0.274 e. The number of fused-ring (bicyclic) bond motifs is 1. The molecule has 0 saturated carbocycles. The third kappa shape index (κ3) is 4.06. The Hall–Kier alpha value is -3.15. The maximum atomic E-state index is 13.2. The molecule has 0 unspecified atom stereocenters. The van der Waals surface area contributed by atoms with Crippen molar-refractivity contribution in [1.82, 2.24) is 14.7 Å². The van der Waals surface area contributed by atoms with Crippen molar-refractivity contribution in [3.63, 3.8) is 0 Å². The van der Waals surface area contributed by atoms with E-state index in [1.54, 1.807) is 37.3 Å². The Morgan fingerprint density at radius 2 is 1.75 bits per heavy atom. The highest BCUT2D eigenvalue weighted by Crippen LogP contribution is 2.17. The summed E-state index contributed by atoms with van der Waals surface area (Å²) in [7, 11) is 3.36. The van der Waals surface area contributed by atoms with Gasteiger partial charge in [-0.15, -0.1) is 0 Å². The van der Waals surface area contributed by atoms with E-state index in [4.69, 9.17) is 4.74 Å². The molecule has 0 aliphatic heterocycles. The first-order valence-corrected chi connectivity index (χ1v) is 9.29. The molecule has 0 spiro atoms. The number of carbonyl (C=O) groups excluding carboxylic acids is 1. The van der Waals surface area contributed by atoms with Crippen molar-refractivity contribution in [1.29, 1.82) is 0 Å². The Kier molecular flexibility index (Phi) is 5.78. The van der Waals surface area contributed by atoms with Crippen LogP contribution in [0.15, 0.2) is 53.3 Å². The zero-order valence-electron chi connectivity index (χ0n) is 16.7. The van der Waals surface area contributed by atoms with Gasteiger partial charge in [-0.3, -0.25) is 9.59 Å². The van der Waals surface area contributed by atoms with Gasteiger partial charge in [0, 0.05) is 25.5 Å². The molecule has 0 bridgehead atoms. The summed E-state index contributed by atoms with van der Waals surface area (Å²) < 4.78 is 6.58. The minimum Gasteiger partial charge on any atom is -0.497 e. The molecule has 6 heteroatoms. The number of hydrogen-bond donors (Lipinski definition) is 0. The SMILES string of the molecule is COc1ccc(CN(C)C(=O)c2nn(CC(C)C)c(=O)c3ccccc23)cc1. The number of nitrogens with zero attached hydrogens (tertiary/aromatic N) is 3. The lowest BCUT2D eigenvalue weighted by Crippen LogP contribution is -2.32. The zero-order valence-corrected chi connectivity index (χ0v) is 16.7. The van der Waals surface area contributed by atoms with Crippen molar-refractivity contribution in [3.05, 3.63) is 70.1 Å². The summed E-state index contributed by atoms with van der Waals surface area (Å²) in [6.07, 6.45) is 0. The van der Waals surface area contributed by atoms with Gasteiger partial charge < -0.3 is 9.64 Å². The van der Waals surface area contributed by atoms with Crippen LogP contribution in [-0.2, 0) is 13.1 Å². The first-order chi connectivity index (χ1) is 13.4. The molecule has 0 saturated heterocycles. The number of carbonyl (C=O) groups is 1. The molecule has 1 amide bonds. The van der Waals surface area contributed by atoms with Crippen LogP contribution >= 0.6 is 0 Å². The average Bonchev–Trinajstić information content (AvgIpc) is 2.70. The van der Waals surface area contributed by atoms with Gasteiger partial charge in [-0.1, -0.05) is 44.2 Å². The highest BCUT2D eigenvalue weighted by Gasteiger charge is 2.20. The molecule has 0 N–H and O–H groups in total. The van der Waals surface area contributed by atoms with Crippen molar-refractivity contribution >= 4 is 16.7 Å². The molecule has 3 aromatic rings. The van der Waals surface area contributed by atoms with Gasteiger partial charge in [0.05, 0.1) is 12.5 Å². The average molecular weight is 379 g/mol. The van der Waals surface area contributed by atoms with Crippen LogP contribution in [0.25, 0.3) is 10.8 Å². The van der Waals surface area contributed by atoms with Gasteiger partial charge in [0.2, 0.25) is 0 Å². The van der Waals surface area contributed by atoms with Crippen molar-refractivity contribution < 1.29 is 9.53 Å². The largest absolute Gasteiger partial charge is 0.497 e. The molecule has 1 aromatic heterocycles. The van der Waals surface area contributed by atoms with Gasteiger partial charge in [-0.05, 0) is 29.7 Å². The number of amides is 1. The quantitative estimate of drug-likeness (QED) is 0.659. The third-order valence-electron chi connectivity index (χ3n) is 4.53. The van der Waals surface area contributed by atoms with Gasteiger partial charge in [0.1, 0.15) is 5.75 Å². The summed E-state index contributed by atoms with van der Waals surface area (Å²) in [6, 6.07) is 14.7. The standard InChI is InChI=1S/C22H25N3O3/c1-15(2)13-25-21(26)19-8-6-5-7-18(19)20(23-25)22(27)24(3)14-16-9-11-17(28-4)12-10-16/h5-12,15H,13-14H2,1-4H3. The molecule has 0 aliphatic rings. The Morgan fingerprint density at radius 1 is 1.11 bits per heavy atom. The van der Waals surface area contributed by atoms with Crippen LogP contribution in [0.3, 0.4) is 0 Å². The van der Waals surface area contributed by atoms with Crippen molar-refractivity contribution in [3.8, 4) is 5.75 Å². The minimum atomic E-state index is -0.218. The molecule has 0 aliphatic carbocycles. The van der Waals surface area contributed by atoms with E-state index < -0.39 is 0 Å². The van der Waals surface area contributed by atoms with Crippen molar-refractivity contribution in [2.45, 2.75) is 26.9 Å². The predicted molar refractivity (Wildman–Crippen MR) is 110 cm³/mol. The fraction of sp³-hybridized carbons (Fsp3) is 0.318. The van der Waals surface area contributed by atoms with Crippen LogP contribution in [0.2, 0.25) is 0 Å². The lowest BCUT2D eigenvalue weighted by molar-refractivity contribution is 0.0778. The predicted octanol–water partition coefficient (Wildman–Crippen LogP) is 3.33.